The zero-order chi connectivity index (χ0) is 19.8. The smallest absolute Gasteiger partial charge is 0.234 e. The Morgan fingerprint density at radius 1 is 0.926 bits per heavy atom. The Labute approximate surface area is 162 Å². The summed E-state index contributed by atoms with van der Waals surface area (Å²) in [6.45, 7) is 2.43. The SMILES string of the molecule is CC(=O)[C@@H](Cc1ccccc1)NC(=O)CN(C)Cc1ccc(N(C)C)cc1. The highest BCUT2D eigenvalue weighted by Gasteiger charge is 2.18. The molecule has 0 aliphatic heterocycles. The molecule has 0 unspecified atom stereocenters. The molecule has 0 fully saturated rings. The summed E-state index contributed by atoms with van der Waals surface area (Å²) < 4.78 is 0. The quantitative estimate of drug-likeness (QED) is 0.740. The predicted octanol–water partition coefficient (Wildman–Crippen LogP) is 2.50. The van der Waals surface area contributed by atoms with E-state index in [-0.39, 0.29) is 18.2 Å². The van der Waals surface area contributed by atoms with E-state index in [9.17, 15) is 9.59 Å². The van der Waals surface area contributed by atoms with E-state index in [0.717, 1.165) is 16.8 Å². The van der Waals surface area contributed by atoms with Gasteiger partial charge in [0.2, 0.25) is 5.91 Å². The fourth-order valence-corrected chi connectivity index (χ4v) is 2.90. The Bertz CT molecular complexity index is 742. The minimum Gasteiger partial charge on any atom is -0.378 e. The molecule has 0 aromatic heterocycles. The molecule has 1 atom stereocenters. The minimum absolute atomic E-state index is 0.0332. The second kappa shape index (κ2) is 9.88. The molecule has 5 heteroatoms. The average Bonchev–Trinajstić information content (AvgIpc) is 2.62. The predicted molar refractivity (Wildman–Crippen MR) is 110 cm³/mol. The molecule has 2 rings (SSSR count). The van der Waals surface area contributed by atoms with Gasteiger partial charge in [0.1, 0.15) is 0 Å². The maximum Gasteiger partial charge on any atom is 0.234 e. The van der Waals surface area contributed by atoms with E-state index in [2.05, 4.69) is 34.5 Å². The van der Waals surface area contributed by atoms with Crippen molar-refractivity contribution in [3.8, 4) is 0 Å². The van der Waals surface area contributed by atoms with Crippen LogP contribution in [0.1, 0.15) is 18.1 Å². The summed E-state index contributed by atoms with van der Waals surface area (Å²) in [6.07, 6.45) is 0.512. The first-order valence-corrected chi connectivity index (χ1v) is 9.13. The van der Waals surface area contributed by atoms with Gasteiger partial charge in [-0.05, 0) is 43.7 Å². The van der Waals surface area contributed by atoms with Crippen molar-refractivity contribution < 1.29 is 9.59 Å². The highest BCUT2D eigenvalue weighted by Crippen LogP contribution is 2.13. The number of Topliss-reactive ketones (excluding diaryl/α,β-unsaturated/α-hetero) is 1. The molecule has 2 aromatic carbocycles. The standard InChI is InChI=1S/C22H29N3O2/c1-17(26)21(14-18-8-6-5-7-9-18)23-22(27)16-25(4)15-19-10-12-20(13-11-19)24(2)3/h5-13,21H,14-16H2,1-4H3,(H,23,27)/t21-/m1/s1. The molecule has 0 spiro atoms. The fraction of sp³-hybridized carbons (Fsp3) is 0.364. The van der Waals surface area contributed by atoms with E-state index in [4.69, 9.17) is 0 Å². The van der Waals surface area contributed by atoms with Gasteiger partial charge in [-0.1, -0.05) is 42.5 Å². The third-order valence-electron chi connectivity index (χ3n) is 4.43. The number of carbonyl (C=O) groups excluding carboxylic acids is 2. The van der Waals surface area contributed by atoms with E-state index in [1.165, 1.54) is 6.92 Å². The summed E-state index contributed by atoms with van der Waals surface area (Å²) in [6, 6.07) is 17.5. The molecule has 0 aliphatic rings. The summed E-state index contributed by atoms with van der Waals surface area (Å²) >= 11 is 0. The Kier molecular flexibility index (Phi) is 7.55. The molecule has 0 bridgehead atoms. The van der Waals surface area contributed by atoms with Crippen molar-refractivity contribution in [3.05, 3.63) is 65.7 Å². The second-order valence-corrected chi connectivity index (χ2v) is 7.15. The lowest BCUT2D eigenvalue weighted by Crippen LogP contribution is -2.45. The number of nitrogens with one attached hydrogen (secondary N) is 1. The number of benzene rings is 2. The Hall–Kier alpha value is -2.66. The third kappa shape index (κ3) is 6.87. The average molecular weight is 367 g/mol. The van der Waals surface area contributed by atoms with Gasteiger partial charge in [-0.15, -0.1) is 0 Å². The number of ketones is 1. The van der Waals surface area contributed by atoms with E-state index in [1.807, 2.05) is 56.4 Å². The number of nitrogens with zero attached hydrogens (tertiary/aromatic N) is 2. The molecule has 5 nitrogen and oxygen atoms in total. The van der Waals surface area contributed by atoms with E-state index in [0.29, 0.717) is 13.0 Å². The number of anilines is 1. The maximum absolute atomic E-state index is 12.4. The largest absolute Gasteiger partial charge is 0.378 e. The molecule has 0 aliphatic carbocycles. The van der Waals surface area contributed by atoms with Gasteiger partial charge in [0.15, 0.2) is 5.78 Å². The van der Waals surface area contributed by atoms with Crippen molar-refractivity contribution in [1.29, 1.82) is 0 Å². The molecule has 27 heavy (non-hydrogen) atoms. The number of rotatable bonds is 9. The molecule has 0 radical (unpaired) electrons. The van der Waals surface area contributed by atoms with Gasteiger partial charge in [-0.25, -0.2) is 0 Å². The van der Waals surface area contributed by atoms with Gasteiger partial charge in [-0.3, -0.25) is 14.5 Å². The van der Waals surface area contributed by atoms with E-state index < -0.39 is 6.04 Å². The number of hydrogen-bond acceptors (Lipinski definition) is 4. The molecule has 0 heterocycles. The van der Waals surface area contributed by atoms with Crippen molar-refractivity contribution in [2.75, 3.05) is 32.6 Å². The van der Waals surface area contributed by atoms with Crippen LogP contribution in [0.15, 0.2) is 54.6 Å². The van der Waals surface area contributed by atoms with Gasteiger partial charge >= 0.3 is 0 Å². The van der Waals surface area contributed by atoms with Crippen LogP contribution in [-0.4, -0.2) is 50.3 Å². The molecular formula is C22H29N3O2. The summed E-state index contributed by atoms with van der Waals surface area (Å²) in [5.74, 6) is -0.173. The molecule has 0 saturated heterocycles. The van der Waals surface area contributed by atoms with Crippen LogP contribution in [0.3, 0.4) is 0 Å². The Balaban J connectivity index is 1.87. The molecule has 0 saturated carbocycles. The van der Waals surface area contributed by atoms with Crippen molar-refractivity contribution in [2.24, 2.45) is 0 Å². The minimum atomic E-state index is -0.493. The lowest BCUT2D eigenvalue weighted by atomic mass is 10.0. The number of hydrogen-bond donors (Lipinski definition) is 1. The number of amides is 1. The van der Waals surface area contributed by atoms with Crippen molar-refractivity contribution in [3.63, 3.8) is 0 Å². The van der Waals surface area contributed by atoms with Crippen LogP contribution in [0.25, 0.3) is 0 Å². The first-order chi connectivity index (χ1) is 12.8. The van der Waals surface area contributed by atoms with Crippen LogP contribution < -0.4 is 10.2 Å². The lowest BCUT2D eigenvalue weighted by Gasteiger charge is -2.20. The zero-order valence-electron chi connectivity index (χ0n) is 16.6. The summed E-state index contributed by atoms with van der Waals surface area (Å²) in [5.41, 5.74) is 3.32. The van der Waals surface area contributed by atoms with Crippen LogP contribution in [0, 0.1) is 0 Å². The van der Waals surface area contributed by atoms with Crippen LogP contribution in [-0.2, 0) is 22.6 Å². The van der Waals surface area contributed by atoms with E-state index >= 15 is 0 Å². The van der Waals surface area contributed by atoms with Crippen molar-refractivity contribution in [2.45, 2.75) is 25.9 Å². The Morgan fingerprint density at radius 3 is 2.11 bits per heavy atom. The normalized spacial score (nSPS) is 11.9. The fourth-order valence-electron chi connectivity index (χ4n) is 2.90. The third-order valence-corrected chi connectivity index (χ3v) is 4.43. The second-order valence-electron chi connectivity index (χ2n) is 7.15. The zero-order valence-corrected chi connectivity index (χ0v) is 16.6. The molecule has 144 valence electrons. The maximum atomic E-state index is 12.4. The van der Waals surface area contributed by atoms with Gasteiger partial charge in [0.05, 0.1) is 12.6 Å². The molecule has 1 amide bonds. The summed E-state index contributed by atoms with van der Waals surface area (Å²) in [5, 5.41) is 2.87. The number of carbonyl (C=O) groups is 2. The van der Waals surface area contributed by atoms with Crippen LogP contribution in [0.2, 0.25) is 0 Å². The van der Waals surface area contributed by atoms with Crippen LogP contribution in [0.5, 0.6) is 0 Å². The van der Waals surface area contributed by atoms with Crippen LogP contribution >= 0.6 is 0 Å². The van der Waals surface area contributed by atoms with Gasteiger partial charge in [-0.2, -0.15) is 0 Å². The first-order valence-electron chi connectivity index (χ1n) is 9.13. The Morgan fingerprint density at radius 2 is 1.56 bits per heavy atom. The molecule has 2 aromatic rings. The lowest BCUT2D eigenvalue weighted by molar-refractivity contribution is -0.127. The van der Waals surface area contributed by atoms with Gasteiger partial charge < -0.3 is 10.2 Å². The van der Waals surface area contributed by atoms with Crippen LogP contribution in [0.4, 0.5) is 5.69 Å². The van der Waals surface area contributed by atoms with Gasteiger partial charge in [0.25, 0.3) is 0 Å². The highest BCUT2D eigenvalue weighted by molar-refractivity contribution is 5.88. The van der Waals surface area contributed by atoms with Crippen molar-refractivity contribution in [1.82, 2.24) is 10.2 Å². The summed E-state index contributed by atoms with van der Waals surface area (Å²) in [4.78, 5) is 28.3. The highest BCUT2D eigenvalue weighted by atomic mass is 16.2. The van der Waals surface area contributed by atoms with E-state index in [1.54, 1.807) is 0 Å². The molecular weight excluding hydrogens is 338 g/mol. The monoisotopic (exact) mass is 367 g/mol. The topological polar surface area (TPSA) is 52.7 Å². The summed E-state index contributed by atoms with van der Waals surface area (Å²) in [7, 11) is 5.91. The first kappa shape index (κ1) is 20.6. The number of likely N-dealkylation sites (N-methyl/N-ethyl adjacent to an activating group) is 1. The molecule has 1 N–H and O–H groups in total. The van der Waals surface area contributed by atoms with Gasteiger partial charge in [0, 0.05) is 26.3 Å². The van der Waals surface area contributed by atoms with Crippen molar-refractivity contribution >= 4 is 17.4 Å².